The SMILES string of the molecule is CCC1CCN(c2nc(C)c(C(C)=O)s2)C1. The van der Waals surface area contributed by atoms with Gasteiger partial charge in [-0.05, 0) is 19.3 Å². The van der Waals surface area contributed by atoms with Gasteiger partial charge in [-0.3, -0.25) is 4.79 Å². The van der Waals surface area contributed by atoms with Gasteiger partial charge in [-0.25, -0.2) is 4.98 Å². The van der Waals surface area contributed by atoms with E-state index in [-0.39, 0.29) is 5.78 Å². The Morgan fingerprint density at radius 3 is 2.88 bits per heavy atom. The fourth-order valence-electron chi connectivity index (χ4n) is 2.18. The highest BCUT2D eigenvalue weighted by molar-refractivity contribution is 7.17. The molecule has 0 aromatic carbocycles. The minimum atomic E-state index is 0.132. The van der Waals surface area contributed by atoms with Gasteiger partial charge in [0.2, 0.25) is 0 Å². The molecular formula is C12H18N2OS. The van der Waals surface area contributed by atoms with Gasteiger partial charge >= 0.3 is 0 Å². The smallest absolute Gasteiger partial charge is 0.186 e. The van der Waals surface area contributed by atoms with Crippen molar-refractivity contribution in [3.63, 3.8) is 0 Å². The molecule has 1 aromatic rings. The molecular weight excluding hydrogens is 220 g/mol. The highest BCUT2D eigenvalue weighted by Crippen LogP contribution is 2.31. The van der Waals surface area contributed by atoms with E-state index in [1.807, 2.05) is 6.92 Å². The topological polar surface area (TPSA) is 33.2 Å². The standard InChI is InChI=1S/C12H18N2OS/c1-4-10-5-6-14(7-10)12-13-8(2)11(16-12)9(3)15/h10H,4-7H2,1-3H3. The largest absolute Gasteiger partial charge is 0.348 e. The third-order valence-electron chi connectivity index (χ3n) is 3.24. The lowest BCUT2D eigenvalue weighted by molar-refractivity contribution is 0.102. The van der Waals surface area contributed by atoms with E-state index in [4.69, 9.17) is 0 Å². The second-order valence-electron chi connectivity index (χ2n) is 4.48. The van der Waals surface area contributed by atoms with E-state index in [0.717, 1.165) is 34.7 Å². The van der Waals surface area contributed by atoms with Crippen molar-refractivity contribution in [1.82, 2.24) is 4.98 Å². The molecule has 0 amide bonds. The summed E-state index contributed by atoms with van der Waals surface area (Å²) in [6.45, 7) is 7.96. The lowest BCUT2D eigenvalue weighted by atomic mass is 10.1. The normalized spacial score (nSPS) is 20.4. The van der Waals surface area contributed by atoms with Crippen LogP contribution in [0.4, 0.5) is 5.13 Å². The number of aryl methyl sites for hydroxylation is 1. The van der Waals surface area contributed by atoms with Gasteiger partial charge in [0.1, 0.15) is 0 Å². The lowest BCUT2D eigenvalue weighted by Gasteiger charge is -2.13. The van der Waals surface area contributed by atoms with E-state index in [0.29, 0.717) is 0 Å². The number of ketones is 1. The van der Waals surface area contributed by atoms with Crippen LogP contribution in [0.3, 0.4) is 0 Å². The number of anilines is 1. The first kappa shape index (κ1) is 11.6. The number of rotatable bonds is 3. The zero-order valence-corrected chi connectivity index (χ0v) is 10.9. The fraction of sp³-hybridized carbons (Fsp3) is 0.667. The molecule has 2 heterocycles. The van der Waals surface area contributed by atoms with Crippen molar-refractivity contribution in [3.05, 3.63) is 10.6 Å². The van der Waals surface area contributed by atoms with Crippen LogP contribution in [0, 0.1) is 12.8 Å². The summed E-state index contributed by atoms with van der Waals surface area (Å²) in [6.07, 6.45) is 2.49. The van der Waals surface area contributed by atoms with Crippen LogP contribution in [-0.4, -0.2) is 23.9 Å². The van der Waals surface area contributed by atoms with Gasteiger partial charge in [-0.15, -0.1) is 0 Å². The molecule has 16 heavy (non-hydrogen) atoms. The summed E-state index contributed by atoms with van der Waals surface area (Å²) in [5, 5.41) is 1.03. The number of thiazole rings is 1. The monoisotopic (exact) mass is 238 g/mol. The van der Waals surface area contributed by atoms with Gasteiger partial charge in [-0.2, -0.15) is 0 Å². The summed E-state index contributed by atoms with van der Waals surface area (Å²) < 4.78 is 0. The molecule has 4 heteroatoms. The third kappa shape index (κ3) is 2.12. The summed E-state index contributed by atoms with van der Waals surface area (Å²) in [4.78, 5) is 19.0. The molecule has 1 unspecified atom stereocenters. The van der Waals surface area contributed by atoms with Crippen LogP contribution in [0.25, 0.3) is 0 Å². The van der Waals surface area contributed by atoms with Gasteiger partial charge in [0.25, 0.3) is 0 Å². The molecule has 0 N–H and O–H groups in total. The fourth-order valence-corrected chi connectivity index (χ4v) is 3.18. The van der Waals surface area contributed by atoms with Crippen LogP contribution < -0.4 is 4.90 Å². The number of aromatic nitrogens is 1. The maximum atomic E-state index is 11.4. The van der Waals surface area contributed by atoms with Crippen molar-refractivity contribution in [2.45, 2.75) is 33.6 Å². The van der Waals surface area contributed by atoms with Crippen molar-refractivity contribution in [3.8, 4) is 0 Å². The zero-order valence-electron chi connectivity index (χ0n) is 10.1. The maximum absolute atomic E-state index is 11.4. The van der Waals surface area contributed by atoms with Crippen molar-refractivity contribution in [1.29, 1.82) is 0 Å². The molecule has 0 bridgehead atoms. The molecule has 1 fully saturated rings. The molecule has 2 rings (SSSR count). The molecule has 1 aliphatic heterocycles. The van der Waals surface area contributed by atoms with E-state index in [1.54, 1.807) is 18.3 Å². The number of carbonyl (C=O) groups is 1. The van der Waals surface area contributed by atoms with Gasteiger partial charge in [0.15, 0.2) is 10.9 Å². The summed E-state index contributed by atoms with van der Waals surface area (Å²) >= 11 is 1.54. The Hall–Kier alpha value is -0.900. The summed E-state index contributed by atoms with van der Waals surface area (Å²) in [5.74, 6) is 0.928. The van der Waals surface area contributed by atoms with Gasteiger partial charge in [-0.1, -0.05) is 24.7 Å². The molecule has 0 spiro atoms. The zero-order chi connectivity index (χ0) is 11.7. The van der Waals surface area contributed by atoms with Crippen molar-refractivity contribution < 1.29 is 4.79 Å². The van der Waals surface area contributed by atoms with Crippen LogP contribution in [-0.2, 0) is 0 Å². The highest BCUT2D eigenvalue weighted by Gasteiger charge is 2.24. The van der Waals surface area contributed by atoms with E-state index in [2.05, 4.69) is 16.8 Å². The second kappa shape index (κ2) is 4.53. The molecule has 1 aromatic heterocycles. The van der Waals surface area contributed by atoms with Crippen LogP contribution in [0.15, 0.2) is 0 Å². The second-order valence-corrected chi connectivity index (χ2v) is 5.45. The van der Waals surface area contributed by atoms with Crippen LogP contribution in [0.2, 0.25) is 0 Å². The average Bonchev–Trinajstić information content (AvgIpc) is 2.83. The van der Waals surface area contributed by atoms with E-state index >= 15 is 0 Å². The van der Waals surface area contributed by atoms with Gasteiger partial charge < -0.3 is 4.90 Å². The molecule has 1 saturated heterocycles. The molecule has 1 atom stereocenters. The molecule has 3 nitrogen and oxygen atoms in total. The summed E-state index contributed by atoms with van der Waals surface area (Å²) in [6, 6.07) is 0. The predicted molar refractivity (Wildman–Crippen MR) is 67.5 cm³/mol. The first-order valence-corrected chi connectivity index (χ1v) is 6.66. The lowest BCUT2D eigenvalue weighted by Crippen LogP contribution is -2.19. The number of nitrogens with zero attached hydrogens (tertiary/aromatic N) is 2. The molecule has 88 valence electrons. The number of Topliss-reactive ketones (excluding diaryl/α,β-unsaturated/α-hetero) is 1. The number of hydrogen-bond donors (Lipinski definition) is 0. The number of hydrogen-bond acceptors (Lipinski definition) is 4. The van der Waals surface area contributed by atoms with Gasteiger partial charge in [0, 0.05) is 20.0 Å². The van der Waals surface area contributed by atoms with Gasteiger partial charge in [0.05, 0.1) is 10.6 Å². The third-order valence-corrected chi connectivity index (χ3v) is 4.56. The first-order valence-electron chi connectivity index (χ1n) is 5.85. The van der Waals surface area contributed by atoms with Crippen molar-refractivity contribution in [2.24, 2.45) is 5.92 Å². The Bertz CT molecular complexity index is 400. The Labute approximate surface area is 100 Å². The van der Waals surface area contributed by atoms with Crippen LogP contribution >= 0.6 is 11.3 Å². The Kier molecular flexibility index (Phi) is 3.28. The van der Waals surface area contributed by atoms with E-state index in [9.17, 15) is 4.79 Å². The first-order chi connectivity index (χ1) is 7.61. The van der Waals surface area contributed by atoms with E-state index < -0.39 is 0 Å². The molecule has 1 aliphatic rings. The van der Waals surface area contributed by atoms with Crippen LogP contribution in [0.5, 0.6) is 0 Å². The van der Waals surface area contributed by atoms with Crippen molar-refractivity contribution in [2.75, 3.05) is 18.0 Å². The highest BCUT2D eigenvalue weighted by atomic mass is 32.1. The van der Waals surface area contributed by atoms with E-state index in [1.165, 1.54) is 12.8 Å². The number of carbonyl (C=O) groups excluding carboxylic acids is 1. The maximum Gasteiger partial charge on any atom is 0.186 e. The summed E-state index contributed by atoms with van der Waals surface area (Å²) in [5.41, 5.74) is 0.882. The average molecular weight is 238 g/mol. The van der Waals surface area contributed by atoms with Crippen molar-refractivity contribution >= 4 is 22.3 Å². The quantitative estimate of drug-likeness (QED) is 0.759. The molecule has 0 aliphatic carbocycles. The molecule has 0 saturated carbocycles. The Morgan fingerprint density at radius 1 is 1.62 bits per heavy atom. The predicted octanol–water partition coefficient (Wildman–Crippen LogP) is 2.89. The Balaban J connectivity index is 2.16. The van der Waals surface area contributed by atoms with Crippen LogP contribution in [0.1, 0.15) is 42.1 Å². The summed E-state index contributed by atoms with van der Waals surface area (Å²) in [7, 11) is 0. The molecule has 0 radical (unpaired) electrons. The minimum absolute atomic E-state index is 0.132. The minimum Gasteiger partial charge on any atom is -0.348 e. The Morgan fingerprint density at radius 2 is 2.38 bits per heavy atom.